The van der Waals surface area contributed by atoms with Crippen LogP contribution in [0.25, 0.3) is 11.5 Å². The molecule has 0 amide bonds. The molecule has 3 aromatic rings. The van der Waals surface area contributed by atoms with Gasteiger partial charge in [0.25, 0.3) is 0 Å². The summed E-state index contributed by atoms with van der Waals surface area (Å²) in [5.41, 5.74) is 2.19. The van der Waals surface area contributed by atoms with Gasteiger partial charge in [0.15, 0.2) is 0 Å². The number of hydrogen-bond donors (Lipinski definition) is 1. The number of rotatable bonds is 6. The van der Waals surface area contributed by atoms with Crippen molar-refractivity contribution in [3.63, 3.8) is 0 Å². The fourth-order valence-corrected chi connectivity index (χ4v) is 3.34. The van der Waals surface area contributed by atoms with E-state index in [9.17, 15) is 5.26 Å². The average molecular weight is 375 g/mol. The summed E-state index contributed by atoms with van der Waals surface area (Å²) in [5, 5.41) is 12.8. The summed E-state index contributed by atoms with van der Waals surface area (Å²) in [5.74, 6) is 0.769. The highest BCUT2D eigenvalue weighted by molar-refractivity contribution is 5.57. The number of pyridine rings is 1. The van der Waals surface area contributed by atoms with Crippen LogP contribution >= 0.6 is 0 Å². The molecule has 142 valence electrons. The second-order valence-corrected chi connectivity index (χ2v) is 6.51. The van der Waals surface area contributed by atoms with Crippen molar-refractivity contribution >= 4 is 5.88 Å². The highest BCUT2D eigenvalue weighted by Crippen LogP contribution is 2.27. The summed E-state index contributed by atoms with van der Waals surface area (Å²) < 4.78 is 11.3. The molecule has 1 fully saturated rings. The molecule has 1 aromatic carbocycles. The molecule has 1 atom stereocenters. The molecular formula is C21H21N5O2. The van der Waals surface area contributed by atoms with E-state index < -0.39 is 0 Å². The topological polar surface area (TPSA) is 87.2 Å². The number of nitrogens with one attached hydrogen (secondary N) is 1. The Morgan fingerprint density at radius 1 is 1.14 bits per heavy atom. The summed E-state index contributed by atoms with van der Waals surface area (Å²) in [6, 6.07) is 16.2. The molecule has 1 N–H and O–H groups in total. The van der Waals surface area contributed by atoms with Crippen molar-refractivity contribution in [1.29, 1.82) is 5.26 Å². The lowest BCUT2D eigenvalue weighted by Gasteiger charge is -2.34. The number of nitriles is 1. The quantitative estimate of drug-likeness (QED) is 0.708. The maximum atomic E-state index is 9.45. The smallest absolute Gasteiger partial charge is 0.232 e. The fraction of sp³-hybridized carbons (Fsp3) is 0.286. The Balaban J connectivity index is 1.55. The van der Waals surface area contributed by atoms with E-state index in [2.05, 4.69) is 38.4 Å². The van der Waals surface area contributed by atoms with Crippen molar-refractivity contribution in [2.75, 3.05) is 38.2 Å². The van der Waals surface area contributed by atoms with Crippen molar-refractivity contribution < 1.29 is 9.15 Å². The number of benzene rings is 1. The first kappa shape index (κ1) is 18.2. The van der Waals surface area contributed by atoms with Gasteiger partial charge in [-0.2, -0.15) is 10.2 Å². The molecule has 0 spiro atoms. The van der Waals surface area contributed by atoms with E-state index in [1.54, 1.807) is 12.4 Å². The Hall–Kier alpha value is -3.21. The third-order valence-corrected chi connectivity index (χ3v) is 4.77. The lowest BCUT2D eigenvalue weighted by Crippen LogP contribution is -2.41. The Morgan fingerprint density at radius 2 is 1.96 bits per heavy atom. The van der Waals surface area contributed by atoms with E-state index in [4.69, 9.17) is 9.15 Å². The Morgan fingerprint density at radius 3 is 2.68 bits per heavy atom. The van der Waals surface area contributed by atoms with E-state index in [-0.39, 0.29) is 11.7 Å². The summed E-state index contributed by atoms with van der Waals surface area (Å²) >= 11 is 0. The first-order chi connectivity index (χ1) is 13.8. The largest absolute Gasteiger partial charge is 0.419 e. The lowest BCUT2D eigenvalue weighted by molar-refractivity contribution is 0.0186. The van der Waals surface area contributed by atoms with Crippen LogP contribution in [0.15, 0.2) is 59.3 Å². The number of oxazole rings is 1. The minimum absolute atomic E-state index is 0.142. The van der Waals surface area contributed by atoms with Crippen LogP contribution in [0.2, 0.25) is 0 Å². The SMILES string of the molecule is N#Cc1nc(-c2cccnc2)oc1NC[C@H](c1ccccc1)N1CCOCC1. The van der Waals surface area contributed by atoms with Gasteiger partial charge in [0, 0.05) is 32.0 Å². The first-order valence-corrected chi connectivity index (χ1v) is 9.27. The Kier molecular flexibility index (Phi) is 5.61. The van der Waals surface area contributed by atoms with E-state index in [1.165, 1.54) is 5.56 Å². The third-order valence-electron chi connectivity index (χ3n) is 4.77. The first-order valence-electron chi connectivity index (χ1n) is 9.27. The summed E-state index contributed by atoms with van der Waals surface area (Å²) in [6.45, 7) is 3.77. The van der Waals surface area contributed by atoms with Gasteiger partial charge in [0.05, 0.1) is 24.8 Å². The van der Waals surface area contributed by atoms with Crippen molar-refractivity contribution in [3.8, 4) is 17.5 Å². The number of hydrogen-bond acceptors (Lipinski definition) is 7. The van der Waals surface area contributed by atoms with Crippen LogP contribution in [0, 0.1) is 11.3 Å². The molecule has 3 heterocycles. The van der Waals surface area contributed by atoms with Crippen molar-refractivity contribution in [1.82, 2.24) is 14.9 Å². The molecule has 1 aliphatic heterocycles. The lowest BCUT2D eigenvalue weighted by atomic mass is 10.0. The zero-order chi connectivity index (χ0) is 19.2. The van der Waals surface area contributed by atoms with Gasteiger partial charge in [-0.25, -0.2) is 0 Å². The summed E-state index contributed by atoms with van der Waals surface area (Å²) in [6.07, 6.45) is 3.35. The number of ether oxygens (including phenoxy) is 1. The van der Waals surface area contributed by atoms with E-state index in [0.29, 0.717) is 18.3 Å². The van der Waals surface area contributed by atoms with Gasteiger partial charge in [0.1, 0.15) is 6.07 Å². The predicted molar refractivity (Wildman–Crippen MR) is 105 cm³/mol. The molecule has 7 heteroatoms. The van der Waals surface area contributed by atoms with Gasteiger partial charge in [0.2, 0.25) is 17.5 Å². The standard InChI is InChI=1S/C21H21N5O2/c22-13-18-21(28-20(25-18)17-7-4-8-23-14-17)24-15-19(16-5-2-1-3-6-16)26-9-11-27-12-10-26/h1-8,14,19,24H,9-12,15H2/t19-/m1/s1. The van der Waals surface area contributed by atoms with Crippen LogP contribution in [0.3, 0.4) is 0 Å². The van der Waals surface area contributed by atoms with Crippen LogP contribution in [-0.4, -0.2) is 47.7 Å². The normalized spacial score (nSPS) is 15.7. The van der Waals surface area contributed by atoms with Gasteiger partial charge in [-0.15, -0.1) is 0 Å². The molecule has 4 rings (SSSR count). The van der Waals surface area contributed by atoms with Crippen LogP contribution in [0.5, 0.6) is 0 Å². The molecule has 28 heavy (non-hydrogen) atoms. The highest BCUT2D eigenvalue weighted by atomic mass is 16.5. The zero-order valence-electron chi connectivity index (χ0n) is 15.4. The van der Waals surface area contributed by atoms with E-state index in [1.807, 2.05) is 30.3 Å². The molecule has 0 aliphatic carbocycles. The van der Waals surface area contributed by atoms with Gasteiger partial charge in [-0.05, 0) is 17.7 Å². The molecule has 0 radical (unpaired) electrons. The Bertz CT molecular complexity index is 930. The average Bonchev–Trinajstić information content (AvgIpc) is 3.19. The minimum atomic E-state index is 0.142. The molecule has 7 nitrogen and oxygen atoms in total. The van der Waals surface area contributed by atoms with Gasteiger partial charge < -0.3 is 14.5 Å². The number of aromatic nitrogens is 2. The van der Waals surface area contributed by atoms with Crippen LogP contribution in [0.4, 0.5) is 5.88 Å². The molecule has 0 unspecified atom stereocenters. The van der Waals surface area contributed by atoms with Crippen LogP contribution in [0.1, 0.15) is 17.3 Å². The maximum absolute atomic E-state index is 9.45. The highest BCUT2D eigenvalue weighted by Gasteiger charge is 2.24. The molecule has 0 saturated carbocycles. The molecule has 1 saturated heterocycles. The molecular weight excluding hydrogens is 354 g/mol. The zero-order valence-corrected chi connectivity index (χ0v) is 15.4. The van der Waals surface area contributed by atoms with E-state index in [0.717, 1.165) is 31.9 Å². The number of anilines is 1. The van der Waals surface area contributed by atoms with Crippen molar-refractivity contribution in [3.05, 3.63) is 66.1 Å². The second-order valence-electron chi connectivity index (χ2n) is 6.51. The van der Waals surface area contributed by atoms with Gasteiger partial charge >= 0.3 is 0 Å². The number of nitrogens with zero attached hydrogens (tertiary/aromatic N) is 4. The van der Waals surface area contributed by atoms with E-state index >= 15 is 0 Å². The predicted octanol–water partition coefficient (Wildman–Crippen LogP) is 3.09. The Labute approximate surface area is 163 Å². The molecule has 1 aliphatic rings. The molecule has 0 bridgehead atoms. The van der Waals surface area contributed by atoms with Gasteiger partial charge in [-0.3, -0.25) is 9.88 Å². The third kappa shape index (κ3) is 4.03. The fourth-order valence-electron chi connectivity index (χ4n) is 3.34. The molecule has 2 aromatic heterocycles. The van der Waals surface area contributed by atoms with Crippen molar-refractivity contribution in [2.45, 2.75) is 6.04 Å². The minimum Gasteiger partial charge on any atom is -0.419 e. The summed E-state index contributed by atoms with van der Waals surface area (Å²) in [4.78, 5) is 10.8. The number of morpholine rings is 1. The van der Waals surface area contributed by atoms with Crippen LogP contribution in [-0.2, 0) is 4.74 Å². The maximum Gasteiger partial charge on any atom is 0.232 e. The van der Waals surface area contributed by atoms with Gasteiger partial charge in [-0.1, -0.05) is 30.3 Å². The second kappa shape index (κ2) is 8.65. The van der Waals surface area contributed by atoms with Crippen LogP contribution < -0.4 is 5.32 Å². The van der Waals surface area contributed by atoms with Crippen molar-refractivity contribution in [2.24, 2.45) is 0 Å². The monoisotopic (exact) mass is 375 g/mol. The summed E-state index contributed by atoms with van der Waals surface area (Å²) in [7, 11) is 0.